The quantitative estimate of drug-likeness (QED) is 0.412. The van der Waals surface area contributed by atoms with Gasteiger partial charge < -0.3 is 15.0 Å². The Morgan fingerprint density at radius 1 is 0.706 bits per heavy atom. The third-order valence-electron chi connectivity index (χ3n) is 6.41. The summed E-state index contributed by atoms with van der Waals surface area (Å²) in [5.41, 5.74) is 5.53. The molecular formula is C29H26N4O. The zero-order valence-corrected chi connectivity index (χ0v) is 18.9. The number of fused-ring (bicyclic) bond motifs is 1. The SMILES string of the molecule is CN1C(c2ccccc2)=NC(c2ccc(C3Nc4ccccc4O3)cc2)NC1c1ccccc1. The standard InChI is InChI=1S/C29H26N4O/c1-33-27(21-10-4-2-5-11-21)31-26(32-28(33)22-12-6-3-7-13-22)20-16-18-23(19-17-20)29-30-24-14-8-9-15-25(24)34-29/h2-19,26-27,29-31H,1H3. The lowest BCUT2D eigenvalue weighted by Crippen LogP contribution is -2.46. The van der Waals surface area contributed by atoms with Crippen molar-refractivity contribution in [1.82, 2.24) is 10.2 Å². The average Bonchev–Trinajstić information content (AvgIpc) is 3.34. The summed E-state index contributed by atoms with van der Waals surface area (Å²) < 4.78 is 6.08. The first kappa shape index (κ1) is 20.5. The van der Waals surface area contributed by atoms with Gasteiger partial charge >= 0.3 is 0 Å². The molecule has 3 atom stereocenters. The first-order chi connectivity index (χ1) is 16.8. The van der Waals surface area contributed by atoms with E-state index in [0.717, 1.165) is 34.0 Å². The van der Waals surface area contributed by atoms with E-state index < -0.39 is 0 Å². The van der Waals surface area contributed by atoms with Gasteiger partial charge in [0.2, 0.25) is 0 Å². The topological polar surface area (TPSA) is 48.9 Å². The molecular weight excluding hydrogens is 420 g/mol. The maximum absolute atomic E-state index is 6.08. The molecule has 0 bridgehead atoms. The Morgan fingerprint density at radius 3 is 2.09 bits per heavy atom. The molecule has 0 saturated heterocycles. The molecule has 0 radical (unpaired) electrons. The number of nitrogens with one attached hydrogen (secondary N) is 2. The molecule has 2 aliphatic rings. The lowest BCUT2D eigenvalue weighted by atomic mass is 10.0. The minimum Gasteiger partial charge on any atom is -0.464 e. The summed E-state index contributed by atoms with van der Waals surface area (Å²) in [6.45, 7) is 0. The zero-order valence-electron chi connectivity index (χ0n) is 18.9. The molecule has 0 saturated carbocycles. The van der Waals surface area contributed by atoms with E-state index in [2.05, 4.69) is 95.4 Å². The maximum atomic E-state index is 6.08. The first-order valence-electron chi connectivity index (χ1n) is 11.6. The number of anilines is 1. The van der Waals surface area contributed by atoms with Crippen LogP contribution in [0, 0.1) is 0 Å². The fraction of sp³-hybridized carbons (Fsp3) is 0.138. The Morgan fingerprint density at radius 2 is 1.35 bits per heavy atom. The van der Waals surface area contributed by atoms with E-state index in [1.807, 2.05) is 36.4 Å². The molecule has 2 N–H and O–H groups in total. The van der Waals surface area contributed by atoms with Crippen LogP contribution in [0.1, 0.15) is 40.8 Å². The van der Waals surface area contributed by atoms with Crippen LogP contribution in [0.2, 0.25) is 0 Å². The molecule has 0 spiro atoms. The molecule has 3 unspecified atom stereocenters. The molecule has 5 nitrogen and oxygen atoms in total. The van der Waals surface area contributed by atoms with Gasteiger partial charge in [0.25, 0.3) is 0 Å². The van der Waals surface area contributed by atoms with Crippen molar-refractivity contribution in [2.45, 2.75) is 18.6 Å². The lowest BCUT2D eigenvalue weighted by molar-refractivity contribution is 0.256. The van der Waals surface area contributed by atoms with Crippen molar-refractivity contribution in [1.29, 1.82) is 0 Å². The minimum absolute atomic E-state index is 0.00733. The molecule has 0 amide bonds. The van der Waals surface area contributed by atoms with Gasteiger partial charge in [-0.25, -0.2) is 4.99 Å². The third kappa shape index (κ3) is 3.80. The molecule has 168 valence electrons. The highest BCUT2D eigenvalue weighted by atomic mass is 16.5. The normalized spacial score (nSPS) is 21.3. The van der Waals surface area contributed by atoms with Crippen LogP contribution in [0.5, 0.6) is 5.75 Å². The van der Waals surface area contributed by atoms with Gasteiger partial charge in [0.1, 0.15) is 23.9 Å². The summed E-state index contributed by atoms with van der Waals surface area (Å²) in [6.07, 6.45) is -0.342. The highest BCUT2D eigenvalue weighted by Gasteiger charge is 2.30. The summed E-state index contributed by atoms with van der Waals surface area (Å²) in [4.78, 5) is 7.33. The number of nitrogens with zero attached hydrogens (tertiary/aromatic N) is 2. The van der Waals surface area contributed by atoms with Crippen LogP contribution in [0.3, 0.4) is 0 Å². The van der Waals surface area contributed by atoms with Crippen LogP contribution < -0.4 is 15.4 Å². The van der Waals surface area contributed by atoms with Gasteiger partial charge in [0, 0.05) is 18.2 Å². The van der Waals surface area contributed by atoms with Gasteiger partial charge in [-0.05, 0) is 23.3 Å². The second-order valence-electron chi connectivity index (χ2n) is 8.62. The highest BCUT2D eigenvalue weighted by molar-refractivity contribution is 5.99. The van der Waals surface area contributed by atoms with E-state index in [1.54, 1.807) is 0 Å². The number of hydrogen-bond donors (Lipinski definition) is 2. The fourth-order valence-corrected chi connectivity index (χ4v) is 4.62. The predicted octanol–water partition coefficient (Wildman–Crippen LogP) is 5.87. The number of aliphatic imine (C=N–C) groups is 1. The van der Waals surface area contributed by atoms with Crippen LogP contribution in [0.4, 0.5) is 5.69 Å². The monoisotopic (exact) mass is 446 g/mol. The van der Waals surface area contributed by atoms with Gasteiger partial charge in [-0.1, -0.05) is 97.1 Å². The number of rotatable bonds is 4. The fourth-order valence-electron chi connectivity index (χ4n) is 4.62. The Hall–Kier alpha value is -4.09. The largest absolute Gasteiger partial charge is 0.464 e. The van der Waals surface area contributed by atoms with Crippen molar-refractivity contribution in [3.63, 3.8) is 0 Å². The van der Waals surface area contributed by atoms with Gasteiger partial charge in [0.05, 0.1) is 5.69 Å². The van der Waals surface area contributed by atoms with Crippen molar-refractivity contribution in [2.24, 2.45) is 4.99 Å². The summed E-state index contributed by atoms with van der Waals surface area (Å²) in [5.74, 6) is 1.86. The van der Waals surface area contributed by atoms with Gasteiger partial charge in [-0.15, -0.1) is 0 Å². The number of benzene rings is 4. The van der Waals surface area contributed by atoms with E-state index in [-0.39, 0.29) is 18.6 Å². The molecule has 2 aliphatic heterocycles. The summed E-state index contributed by atoms with van der Waals surface area (Å²) >= 11 is 0. The van der Waals surface area contributed by atoms with Crippen molar-refractivity contribution < 1.29 is 4.74 Å². The molecule has 4 aromatic carbocycles. The summed E-state index contributed by atoms with van der Waals surface area (Å²) in [7, 11) is 2.09. The second kappa shape index (κ2) is 8.69. The minimum atomic E-state index is -0.183. The van der Waals surface area contributed by atoms with Gasteiger partial charge in [-0.2, -0.15) is 0 Å². The Kier molecular flexibility index (Phi) is 5.24. The van der Waals surface area contributed by atoms with Crippen molar-refractivity contribution in [3.8, 4) is 5.75 Å². The van der Waals surface area contributed by atoms with E-state index in [9.17, 15) is 0 Å². The van der Waals surface area contributed by atoms with E-state index in [4.69, 9.17) is 9.73 Å². The van der Waals surface area contributed by atoms with Crippen LogP contribution in [-0.4, -0.2) is 17.8 Å². The second-order valence-corrected chi connectivity index (χ2v) is 8.62. The van der Waals surface area contributed by atoms with Gasteiger partial charge in [-0.3, -0.25) is 5.32 Å². The Labute approximate surface area is 199 Å². The molecule has 0 aromatic heterocycles. The molecule has 0 fully saturated rings. The third-order valence-corrected chi connectivity index (χ3v) is 6.41. The Bertz CT molecular complexity index is 1280. The van der Waals surface area contributed by atoms with Crippen molar-refractivity contribution >= 4 is 11.5 Å². The average molecular weight is 447 g/mol. The molecule has 0 aliphatic carbocycles. The lowest BCUT2D eigenvalue weighted by Gasteiger charge is -2.39. The number of amidine groups is 1. The van der Waals surface area contributed by atoms with E-state index in [1.165, 1.54) is 5.56 Å². The smallest absolute Gasteiger partial charge is 0.196 e. The molecule has 2 heterocycles. The van der Waals surface area contributed by atoms with E-state index >= 15 is 0 Å². The van der Waals surface area contributed by atoms with Crippen LogP contribution >= 0.6 is 0 Å². The van der Waals surface area contributed by atoms with Crippen LogP contribution in [-0.2, 0) is 0 Å². The van der Waals surface area contributed by atoms with Crippen LogP contribution in [0.15, 0.2) is 114 Å². The number of para-hydroxylation sites is 2. The maximum Gasteiger partial charge on any atom is 0.196 e. The van der Waals surface area contributed by atoms with Crippen molar-refractivity contribution in [3.05, 3.63) is 131 Å². The predicted molar refractivity (Wildman–Crippen MR) is 136 cm³/mol. The molecule has 34 heavy (non-hydrogen) atoms. The summed E-state index contributed by atoms with van der Waals surface area (Å²) in [6, 6.07) is 37.4. The Balaban J connectivity index is 1.31. The zero-order chi connectivity index (χ0) is 22.9. The summed E-state index contributed by atoms with van der Waals surface area (Å²) in [5, 5.41) is 7.17. The highest BCUT2D eigenvalue weighted by Crippen LogP contribution is 2.38. The first-order valence-corrected chi connectivity index (χ1v) is 11.6. The van der Waals surface area contributed by atoms with Crippen molar-refractivity contribution in [2.75, 3.05) is 12.4 Å². The van der Waals surface area contributed by atoms with Crippen LogP contribution in [0.25, 0.3) is 0 Å². The molecule has 6 rings (SSSR count). The number of hydrogen-bond acceptors (Lipinski definition) is 5. The van der Waals surface area contributed by atoms with Gasteiger partial charge in [0.15, 0.2) is 6.23 Å². The molecule has 5 heteroatoms. The number of ether oxygens (including phenoxy) is 1. The molecule has 4 aromatic rings. The van der Waals surface area contributed by atoms with E-state index in [0.29, 0.717) is 0 Å².